The SMILES string of the molecule is CN1C(=O)c2cc(NS(=O)(=O)c3ccc(Cl)cc3)ccc2OC[C@H]2O[C@H](CC(=O)O)CC[C@@H]21. The number of ether oxygens (including phenoxy) is 2. The number of nitrogens with zero attached hydrogens (tertiary/aromatic N) is 1. The topological polar surface area (TPSA) is 122 Å². The number of benzene rings is 2. The number of aliphatic carboxylic acids is 1. The molecule has 0 radical (unpaired) electrons. The van der Waals surface area contributed by atoms with E-state index in [-0.39, 0.29) is 41.1 Å². The Morgan fingerprint density at radius 2 is 1.94 bits per heavy atom. The number of halogens is 1. The second-order valence-corrected chi connectivity index (χ2v) is 10.2. The van der Waals surface area contributed by atoms with Crippen LogP contribution in [-0.2, 0) is 19.6 Å². The lowest BCUT2D eigenvalue weighted by Crippen LogP contribution is -2.53. The minimum absolute atomic E-state index is 0.0384. The second kappa shape index (κ2) is 9.20. The number of amides is 1. The van der Waals surface area contributed by atoms with E-state index in [2.05, 4.69) is 4.72 Å². The summed E-state index contributed by atoms with van der Waals surface area (Å²) in [6.07, 6.45) is 0.0903. The van der Waals surface area contributed by atoms with Gasteiger partial charge in [-0.1, -0.05) is 11.6 Å². The zero-order valence-corrected chi connectivity index (χ0v) is 19.3. The van der Waals surface area contributed by atoms with Crippen molar-refractivity contribution in [2.75, 3.05) is 18.4 Å². The van der Waals surface area contributed by atoms with Crippen LogP contribution in [0.3, 0.4) is 0 Å². The maximum absolute atomic E-state index is 13.2. The lowest BCUT2D eigenvalue weighted by atomic mass is 9.95. The summed E-state index contributed by atoms with van der Waals surface area (Å²) in [5.74, 6) is -0.982. The number of hydrogen-bond donors (Lipinski definition) is 2. The standard InChI is InChI=1S/C22H23ClN2O7S/c1-25-18-8-5-15(11-21(26)27)32-20(18)12-31-19-9-4-14(10-17(19)22(25)28)24-33(29,30)16-6-2-13(23)3-7-16/h2-4,6-7,9-10,15,18,20,24H,5,8,11-12H2,1H3,(H,26,27)/t15-,18-,20+/m0/s1. The lowest BCUT2D eigenvalue weighted by Gasteiger charge is -2.42. The molecule has 2 aliphatic rings. The highest BCUT2D eigenvalue weighted by molar-refractivity contribution is 7.92. The molecule has 2 N–H and O–H groups in total. The van der Waals surface area contributed by atoms with Gasteiger partial charge in [0.05, 0.1) is 29.0 Å². The van der Waals surface area contributed by atoms with Crippen molar-refractivity contribution < 1.29 is 32.6 Å². The largest absolute Gasteiger partial charge is 0.490 e. The maximum Gasteiger partial charge on any atom is 0.305 e. The fourth-order valence-corrected chi connectivity index (χ4v) is 5.29. The Morgan fingerprint density at radius 3 is 2.64 bits per heavy atom. The van der Waals surface area contributed by atoms with Crippen LogP contribution in [0.15, 0.2) is 47.4 Å². The third-order valence-electron chi connectivity index (χ3n) is 5.79. The van der Waals surface area contributed by atoms with E-state index in [9.17, 15) is 18.0 Å². The molecule has 0 unspecified atom stereocenters. The third-order valence-corrected chi connectivity index (χ3v) is 7.44. The second-order valence-electron chi connectivity index (χ2n) is 8.04. The molecule has 0 aromatic heterocycles. The summed E-state index contributed by atoms with van der Waals surface area (Å²) in [6.45, 7) is 0.140. The van der Waals surface area contributed by atoms with Gasteiger partial charge in [-0.2, -0.15) is 0 Å². The van der Waals surface area contributed by atoms with E-state index in [0.29, 0.717) is 23.6 Å². The summed E-state index contributed by atoms with van der Waals surface area (Å²) < 4.78 is 39.6. The Bertz CT molecular complexity index is 1170. The van der Waals surface area contributed by atoms with Gasteiger partial charge in [-0.15, -0.1) is 0 Å². The van der Waals surface area contributed by atoms with Crippen molar-refractivity contribution in [2.24, 2.45) is 0 Å². The molecule has 0 spiro atoms. The van der Waals surface area contributed by atoms with Crippen LogP contribution in [0.25, 0.3) is 0 Å². The first-order valence-electron chi connectivity index (χ1n) is 10.3. The fraction of sp³-hybridized carbons (Fsp3) is 0.364. The molecule has 1 saturated heterocycles. The molecule has 33 heavy (non-hydrogen) atoms. The number of carbonyl (C=O) groups excluding carboxylic acids is 1. The van der Waals surface area contributed by atoms with Crippen LogP contribution in [0.4, 0.5) is 5.69 Å². The van der Waals surface area contributed by atoms with Gasteiger partial charge in [0, 0.05) is 17.8 Å². The van der Waals surface area contributed by atoms with Crippen LogP contribution in [0, 0.1) is 0 Å². The number of hydrogen-bond acceptors (Lipinski definition) is 6. The van der Waals surface area contributed by atoms with Gasteiger partial charge in [0.1, 0.15) is 18.5 Å². The minimum atomic E-state index is -3.88. The zero-order chi connectivity index (χ0) is 23.8. The summed E-state index contributed by atoms with van der Waals surface area (Å²) in [5.41, 5.74) is 0.438. The molecular weight excluding hydrogens is 472 g/mol. The summed E-state index contributed by atoms with van der Waals surface area (Å²) in [6, 6.07) is 9.93. The smallest absolute Gasteiger partial charge is 0.305 e. The van der Waals surface area contributed by atoms with Crippen molar-refractivity contribution in [1.82, 2.24) is 4.90 Å². The van der Waals surface area contributed by atoms with E-state index in [1.54, 1.807) is 11.9 Å². The number of rotatable bonds is 5. The number of carboxylic acid groups (broad SMARTS) is 1. The molecule has 0 saturated carbocycles. The van der Waals surface area contributed by atoms with Crippen molar-refractivity contribution in [1.29, 1.82) is 0 Å². The molecule has 2 aromatic carbocycles. The summed E-state index contributed by atoms with van der Waals surface area (Å²) in [7, 11) is -2.23. The summed E-state index contributed by atoms with van der Waals surface area (Å²) in [4.78, 5) is 25.9. The average Bonchev–Trinajstić information content (AvgIpc) is 2.76. The predicted molar refractivity (Wildman–Crippen MR) is 120 cm³/mol. The number of likely N-dealkylation sites (N-methyl/N-ethyl adjacent to an activating group) is 1. The number of nitrogens with one attached hydrogen (secondary N) is 1. The maximum atomic E-state index is 13.2. The number of sulfonamides is 1. The third kappa shape index (κ3) is 5.07. The van der Waals surface area contributed by atoms with E-state index in [1.165, 1.54) is 42.5 Å². The van der Waals surface area contributed by atoms with Gasteiger partial charge in [-0.25, -0.2) is 8.42 Å². The summed E-state index contributed by atoms with van der Waals surface area (Å²) >= 11 is 5.83. The zero-order valence-electron chi connectivity index (χ0n) is 17.7. The van der Waals surface area contributed by atoms with E-state index in [0.717, 1.165) is 0 Å². The van der Waals surface area contributed by atoms with E-state index >= 15 is 0 Å². The quantitative estimate of drug-likeness (QED) is 0.655. The molecule has 4 rings (SSSR count). The van der Waals surface area contributed by atoms with Gasteiger partial charge in [0.2, 0.25) is 0 Å². The van der Waals surface area contributed by atoms with Crippen LogP contribution in [0.1, 0.15) is 29.6 Å². The first kappa shape index (κ1) is 23.3. The minimum Gasteiger partial charge on any atom is -0.490 e. The first-order valence-corrected chi connectivity index (χ1v) is 12.2. The van der Waals surface area contributed by atoms with Crippen LogP contribution < -0.4 is 9.46 Å². The molecule has 3 atom stereocenters. The van der Waals surface area contributed by atoms with Crippen molar-refractivity contribution in [3.8, 4) is 5.75 Å². The fourth-order valence-electron chi connectivity index (χ4n) is 4.11. The Morgan fingerprint density at radius 1 is 1.21 bits per heavy atom. The Labute approximate surface area is 196 Å². The van der Waals surface area contributed by atoms with Gasteiger partial charge in [0.25, 0.3) is 15.9 Å². The molecule has 176 valence electrons. The predicted octanol–water partition coefficient (Wildman–Crippen LogP) is 3.00. The van der Waals surface area contributed by atoms with Crippen molar-refractivity contribution in [3.63, 3.8) is 0 Å². The Hall–Kier alpha value is -2.82. The Kier molecular flexibility index (Phi) is 6.51. The van der Waals surface area contributed by atoms with Gasteiger partial charge < -0.3 is 19.5 Å². The molecule has 11 heteroatoms. The molecule has 2 aromatic rings. The normalized spacial score (nSPS) is 22.9. The Balaban J connectivity index is 1.57. The highest BCUT2D eigenvalue weighted by Crippen LogP contribution is 2.33. The molecule has 9 nitrogen and oxygen atoms in total. The molecule has 2 heterocycles. The molecule has 1 amide bonds. The van der Waals surface area contributed by atoms with Crippen LogP contribution in [0.5, 0.6) is 5.75 Å². The van der Waals surface area contributed by atoms with E-state index < -0.39 is 28.2 Å². The lowest BCUT2D eigenvalue weighted by molar-refractivity contribution is -0.148. The van der Waals surface area contributed by atoms with Gasteiger partial charge in [0.15, 0.2) is 0 Å². The highest BCUT2D eigenvalue weighted by Gasteiger charge is 2.39. The van der Waals surface area contributed by atoms with E-state index in [1.807, 2.05) is 0 Å². The van der Waals surface area contributed by atoms with Gasteiger partial charge in [-0.05, 0) is 55.3 Å². The van der Waals surface area contributed by atoms with Crippen LogP contribution in [-0.4, -0.2) is 62.2 Å². The van der Waals surface area contributed by atoms with Crippen molar-refractivity contribution >= 4 is 39.2 Å². The number of carboxylic acids is 1. The number of carbonyl (C=O) groups is 2. The number of fused-ring (bicyclic) bond motifs is 2. The molecule has 1 fully saturated rings. The number of anilines is 1. The van der Waals surface area contributed by atoms with Crippen molar-refractivity contribution in [2.45, 2.75) is 42.4 Å². The molecule has 0 aliphatic carbocycles. The molecular formula is C22H23ClN2O7S. The van der Waals surface area contributed by atoms with Crippen LogP contribution >= 0.6 is 11.6 Å². The van der Waals surface area contributed by atoms with Crippen LogP contribution in [0.2, 0.25) is 5.02 Å². The highest BCUT2D eigenvalue weighted by atomic mass is 35.5. The van der Waals surface area contributed by atoms with E-state index in [4.69, 9.17) is 26.2 Å². The van der Waals surface area contributed by atoms with Crippen molar-refractivity contribution in [3.05, 3.63) is 53.1 Å². The van der Waals surface area contributed by atoms with Gasteiger partial charge in [-0.3, -0.25) is 14.3 Å². The first-order chi connectivity index (χ1) is 15.6. The van der Waals surface area contributed by atoms with Gasteiger partial charge >= 0.3 is 5.97 Å². The summed E-state index contributed by atoms with van der Waals surface area (Å²) in [5, 5.41) is 9.46. The molecule has 0 bridgehead atoms. The molecule has 2 aliphatic heterocycles. The average molecular weight is 495 g/mol. The monoisotopic (exact) mass is 494 g/mol.